The Bertz CT molecular complexity index is 422. The minimum absolute atomic E-state index is 0.186. The molecule has 0 spiro atoms. The lowest BCUT2D eigenvalue weighted by molar-refractivity contribution is 0.164. The van der Waals surface area contributed by atoms with E-state index in [-0.39, 0.29) is 5.56 Å². The fraction of sp³-hybridized carbons (Fsp3) is 0.647. The zero-order valence-electron chi connectivity index (χ0n) is 13.0. The molecule has 1 aromatic carbocycles. The van der Waals surface area contributed by atoms with Crippen molar-refractivity contribution < 1.29 is 8.78 Å². The standard InChI is InChI=1S/C17H26F2N2/c1-3-11-20-13-7-9-14(10-8-13)21(2)12-15-16(18)5-4-6-17(15)19/h4-6,13-14,20H,3,7-12H2,1-2H3. The molecule has 1 aromatic rings. The predicted octanol–water partition coefficient (Wildman–Crippen LogP) is 3.71. The normalized spacial score (nSPS) is 22.7. The summed E-state index contributed by atoms with van der Waals surface area (Å²) in [7, 11) is 1.97. The van der Waals surface area contributed by atoms with Crippen LogP contribution < -0.4 is 5.32 Å². The van der Waals surface area contributed by atoms with Gasteiger partial charge in [0, 0.05) is 24.2 Å². The minimum Gasteiger partial charge on any atom is -0.314 e. The first-order valence-corrected chi connectivity index (χ1v) is 7.98. The first-order valence-electron chi connectivity index (χ1n) is 7.98. The zero-order valence-corrected chi connectivity index (χ0v) is 13.0. The Morgan fingerprint density at radius 3 is 2.33 bits per heavy atom. The van der Waals surface area contributed by atoms with E-state index in [0.717, 1.165) is 38.6 Å². The Morgan fingerprint density at radius 1 is 1.14 bits per heavy atom. The van der Waals surface area contributed by atoms with E-state index in [2.05, 4.69) is 17.1 Å². The van der Waals surface area contributed by atoms with Gasteiger partial charge in [-0.3, -0.25) is 4.90 Å². The van der Waals surface area contributed by atoms with E-state index < -0.39 is 11.6 Å². The van der Waals surface area contributed by atoms with Gasteiger partial charge >= 0.3 is 0 Å². The van der Waals surface area contributed by atoms with Crippen molar-refractivity contribution in [3.05, 3.63) is 35.4 Å². The van der Waals surface area contributed by atoms with E-state index >= 15 is 0 Å². The highest BCUT2D eigenvalue weighted by atomic mass is 19.1. The van der Waals surface area contributed by atoms with Crippen LogP contribution in [0.4, 0.5) is 8.78 Å². The molecule has 0 aliphatic heterocycles. The fourth-order valence-corrected chi connectivity index (χ4v) is 3.13. The van der Waals surface area contributed by atoms with Crippen LogP contribution in [0.2, 0.25) is 0 Å². The van der Waals surface area contributed by atoms with E-state index in [0.29, 0.717) is 18.6 Å². The van der Waals surface area contributed by atoms with E-state index in [1.165, 1.54) is 18.2 Å². The number of benzene rings is 1. The Morgan fingerprint density at radius 2 is 1.76 bits per heavy atom. The van der Waals surface area contributed by atoms with Gasteiger partial charge in [-0.05, 0) is 57.8 Å². The second-order valence-electron chi connectivity index (χ2n) is 6.07. The topological polar surface area (TPSA) is 15.3 Å². The van der Waals surface area contributed by atoms with Gasteiger partial charge in [0.05, 0.1) is 0 Å². The summed E-state index contributed by atoms with van der Waals surface area (Å²) in [5.74, 6) is -0.889. The molecule has 0 bridgehead atoms. The molecule has 1 aliphatic carbocycles. The Balaban J connectivity index is 1.86. The van der Waals surface area contributed by atoms with E-state index in [1.807, 2.05) is 7.05 Å². The highest BCUT2D eigenvalue weighted by Crippen LogP contribution is 2.24. The quantitative estimate of drug-likeness (QED) is 0.861. The lowest BCUT2D eigenvalue weighted by Gasteiger charge is -2.35. The van der Waals surface area contributed by atoms with Gasteiger partial charge in [0.25, 0.3) is 0 Å². The van der Waals surface area contributed by atoms with Gasteiger partial charge in [-0.25, -0.2) is 8.78 Å². The zero-order chi connectivity index (χ0) is 15.2. The van der Waals surface area contributed by atoms with Crippen molar-refractivity contribution in [3.8, 4) is 0 Å². The van der Waals surface area contributed by atoms with Crippen molar-refractivity contribution in [3.63, 3.8) is 0 Å². The molecular formula is C17H26F2N2. The molecule has 0 atom stereocenters. The van der Waals surface area contributed by atoms with Crippen LogP contribution in [0.1, 0.15) is 44.6 Å². The third-order valence-electron chi connectivity index (χ3n) is 4.47. The monoisotopic (exact) mass is 296 g/mol. The smallest absolute Gasteiger partial charge is 0.130 e. The van der Waals surface area contributed by atoms with Gasteiger partial charge in [0.15, 0.2) is 0 Å². The lowest BCUT2D eigenvalue weighted by atomic mass is 9.90. The molecule has 2 nitrogen and oxygen atoms in total. The molecule has 0 aromatic heterocycles. The van der Waals surface area contributed by atoms with Crippen molar-refractivity contribution in [1.82, 2.24) is 10.2 Å². The second kappa shape index (κ2) is 7.85. The maximum absolute atomic E-state index is 13.7. The van der Waals surface area contributed by atoms with Crippen LogP contribution in [0.15, 0.2) is 18.2 Å². The summed E-state index contributed by atoms with van der Waals surface area (Å²) in [5, 5.41) is 3.56. The van der Waals surface area contributed by atoms with Gasteiger partial charge < -0.3 is 5.32 Å². The number of nitrogens with one attached hydrogen (secondary N) is 1. The van der Waals surface area contributed by atoms with Crippen molar-refractivity contribution >= 4 is 0 Å². The number of hydrogen-bond acceptors (Lipinski definition) is 2. The summed E-state index contributed by atoms with van der Waals surface area (Å²) in [6, 6.07) is 5.11. The predicted molar refractivity (Wildman–Crippen MR) is 82.2 cm³/mol. The third kappa shape index (κ3) is 4.48. The lowest BCUT2D eigenvalue weighted by Crippen LogP contribution is -2.41. The molecule has 1 N–H and O–H groups in total. The first kappa shape index (κ1) is 16.4. The van der Waals surface area contributed by atoms with Gasteiger partial charge in [-0.15, -0.1) is 0 Å². The Labute approximate surface area is 126 Å². The summed E-state index contributed by atoms with van der Waals surface area (Å²) < 4.78 is 27.4. The minimum atomic E-state index is -0.444. The molecule has 4 heteroatoms. The average molecular weight is 296 g/mol. The third-order valence-corrected chi connectivity index (χ3v) is 4.47. The molecule has 1 fully saturated rings. The SMILES string of the molecule is CCCNC1CCC(N(C)Cc2c(F)cccc2F)CC1. The number of rotatable bonds is 6. The van der Waals surface area contributed by atoms with E-state index in [1.54, 1.807) is 0 Å². The van der Waals surface area contributed by atoms with Crippen LogP contribution in [0.25, 0.3) is 0 Å². The summed E-state index contributed by atoms with van der Waals surface area (Å²) in [6.07, 6.45) is 5.64. The highest BCUT2D eigenvalue weighted by molar-refractivity contribution is 5.19. The summed E-state index contributed by atoms with van der Waals surface area (Å²) in [5.41, 5.74) is 0.186. The molecule has 21 heavy (non-hydrogen) atoms. The van der Waals surface area contributed by atoms with Crippen LogP contribution >= 0.6 is 0 Å². The van der Waals surface area contributed by atoms with Gasteiger partial charge in [-0.1, -0.05) is 13.0 Å². The molecule has 0 unspecified atom stereocenters. The molecule has 1 aliphatic rings. The molecule has 0 heterocycles. The largest absolute Gasteiger partial charge is 0.314 e. The fourth-order valence-electron chi connectivity index (χ4n) is 3.13. The first-order chi connectivity index (χ1) is 10.1. The Hall–Kier alpha value is -1.00. The van der Waals surface area contributed by atoms with Crippen molar-refractivity contribution in [2.75, 3.05) is 13.6 Å². The molecule has 0 radical (unpaired) electrons. The molecule has 0 saturated heterocycles. The van der Waals surface area contributed by atoms with Crippen molar-refractivity contribution in [2.24, 2.45) is 0 Å². The van der Waals surface area contributed by atoms with E-state index in [9.17, 15) is 8.78 Å². The number of hydrogen-bond donors (Lipinski definition) is 1. The van der Waals surface area contributed by atoms with Gasteiger partial charge in [0.1, 0.15) is 11.6 Å². The van der Waals surface area contributed by atoms with Crippen LogP contribution in [-0.4, -0.2) is 30.6 Å². The molecule has 1 saturated carbocycles. The Kier molecular flexibility index (Phi) is 6.12. The van der Waals surface area contributed by atoms with Crippen LogP contribution in [-0.2, 0) is 6.54 Å². The maximum atomic E-state index is 13.7. The number of nitrogens with zero attached hydrogens (tertiary/aromatic N) is 1. The van der Waals surface area contributed by atoms with Crippen LogP contribution in [0.5, 0.6) is 0 Å². The highest BCUT2D eigenvalue weighted by Gasteiger charge is 2.24. The van der Waals surface area contributed by atoms with E-state index in [4.69, 9.17) is 0 Å². The second-order valence-corrected chi connectivity index (χ2v) is 6.07. The van der Waals surface area contributed by atoms with Crippen LogP contribution in [0.3, 0.4) is 0 Å². The van der Waals surface area contributed by atoms with Crippen molar-refractivity contribution in [1.29, 1.82) is 0 Å². The molecule has 2 rings (SSSR count). The molecule has 118 valence electrons. The average Bonchev–Trinajstić information content (AvgIpc) is 2.49. The van der Waals surface area contributed by atoms with Gasteiger partial charge in [0.2, 0.25) is 0 Å². The summed E-state index contributed by atoms with van der Waals surface area (Å²) in [6.45, 7) is 3.59. The number of halogens is 2. The summed E-state index contributed by atoms with van der Waals surface area (Å²) in [4.78, 5) is 2.09. The van der Waals surface area contributed by atoms with Gasteiger partial charge in [-0.2, -0.15) is 0 Å². The maximum Gasteiger partial charge on any atom is 0.130 e. The van der Waals surface area contributed by atoms with Crippen LogP contribution in [0, 0.1) is 11.6 Å². The molecule has 0 amide bonds. The van der Waals surface area contributed by atoms with Crippen molar-refractivity contribution in [2.45, 2.75) is 57.7 Å². The molecular weight excluding hydrogens is 270 g/mol. The summed E-state index contributed by atoms with van der Waals surface area (Å²) >= 11 is 0.